The highest BCUT2D eigenvalue weighted by atomic mass is 16.6. The van der Waals surface area contributed by atoms with Crippen molar-refractivity contribution in [2.24, 2.45) is 0 Å². The van der Waals surface area contributed by atoms with Gasteiger partial charge < -0.3 is 24.8 Å². The van der Waals surface area contributed by atoms with E-state index in [0.717, 1.165) is 36.8 Å². The molecule has 1 aliphatic rings. The number of hydrogen-bond donors (Lipinski definition) is 3. The van der Waals surface area contributed by atoms with Crippen molar-refractivity contribution in [3.63, 3.8) is 0 Å². The fraction of sp³-hybridized carbons (Fsp3) is 0.562. The van der Waals surface area contributed by atoms with Crippen molar-refractivity contribution in [3.05, 3.63) is 71.8 Å². The summed E-state index contributed by atoms with van der Waals surface area (Å²) < 4.78 is 11.2. The molecule has 3 N–H and O–H groups in total. The van der Waals surface area contributed by atoms with Crippen LogP contribution in [0.1, 0.15) is 76.3 Å². The quantitative estimate of drug-likeness (QED) is 0.209. The molecule has 1 unspecified atom stereocenters. The molecule has 0 amide bonds. The van der Waals surface area contributed by atoms with Crippen molar-refractivity contribution in [2.45, 2.75) is 108 Å². The maximum absolute atomic E-state index is 13.5. The van der Waals surface area contributed by atoms with Crippen LogP contribution in [0.3, 0.4) is 0 Å². The minimum Gasteiger partial charge on any atom is -0.463 e. The van der Waals surface area contributed by atoms with Gasteiger partial charge in [0.1, 0.15) is 18.8 Å². The van der Waals surface area contributed by atoms with Crippen LogP contribution in [0.2, 0.25) is 0 Å². The molecule has 1 fully saturated rings. The Labute approximate surface area is 237 Å². The molecule has 0 bridgehead atoms. The Morgan fingerprint density at radius 1 is 0.850 bits per heavy atom. The van der Waals surface area contributed by atoms with E-state index in [4.69, 9.17) is 9.47 Å². The molecular formula is C32H45NO7. The van der Waals surface area contributed by atoms with Gasteiger partial charge in [0.15, 0.2) is 17.7 Å². The molecule has 3 rings (SSSR count). The monoisotopic (exact) mass is 555 g/mol. The third kappa shape index (κ3) is 8.44. The zero-order chi connectivity index (χ0) is 29.0. The summed E-state index contributed by atoms with van der Waals surface area (Å²) in [5.74, 6) is -1.06. The van der Waals surface area contributed by atoms with E-state index >= 15 is 0 Å². The number of benzene rings is 2. The van der Waals surface area contributed by atoms with Crippen LogP contribution in [0, 0.1) is 0 Å². The Hall–Kier alpha value is -2.62. The lowest BCUT2D eigenvalue weighted by atomic mass is 9.77. The molecule has 2 aromatic carbocycles. The number of aliphatic hydroxyl groups excluding tert-OH is 2. The van der Waals surface area contributed by atoms with Gasteiger partial charge in [-0.25, -0.2) is 0 Å². The topological polar surface area (TPSA) is 117 Å². The average Bonchev–Trinajstić information content (AvgIpc) is 2.95. The molecule has 1 aliphatic heterocycles. The SMILES string of the molecule is CCCCCC(=O)OC[C@H]1OC(O)[C@H](N(Cc2ccccc2)Cc2ccccc2)[C@@H](O)[C@@]1(O)C(=O)CCCCC. The normalized spacial score (nSPS) is 24.6. The average molecular weight is 556 g/mol. The Morgan fingerprint density at radius 2 is 1.38 bits per heavy atom. The number of ketones is 1. The Balaban J connectivity index is 1.90. The summed E-state index contributed by atoms with van der Waals surface area (Å²) in [7, 11) is 0. The fourth-order valence-corrected chi connectivity index (χ4v) is 5.25. The lowest BCUT2D eigenvalue weighted by molar-refractivity contribution is -0.301. The van der Waals surface area contributed by atoms with Crippen molar-refractivity contribution in [1.29, 1.82) is 0 Å². The molecule has 8 nitrogen and oxygen atoms in total. The standard InChI is InChI=1S/C32H45NO7/c1-3-5-9-19-26(34)32(38)27(23-39-28(35)20-10-6-4-2)40-31(37)29(30(32)36)33(21-24-15-11-7-12-16-24)22-25-17-13-8-14-18-25/h7-8,11-18,27,29-31,36-38H,3-6,9-10,19-23H2,1-2H3/t27-,29-,30-,31?,32-/m1/s1. The summed E-state index contributed by atoms with van der Waals surface area (Å²) in [4.78, 5) is 27.7. The molecular weight excluding hydrogens is 510 g/mol. The number of rotatable bonds is 16. The van der Waals surface area contributed by atoms with Gasteiger partial charge in [-0.05, 0) is 24.0 Å². The van der Waals surface area contributed by atoms with Crippen molar-refractivity contribution in [2.75, 3.05) is 6.61 Å². The molecule has 220 valence electrons. The van der Waals surface area contributed by atoms with Gasteiger partial charge in [-0.15, -0.1) is 0 Å². The molecule has 40 heavy (non-hydrogen) atoms. The van der Waals surface area contributed by atoms with Gasteiger partial charge in [-0.3, -0.25) is 14.5 Å². The predicted octanol–water partition coefficient (Wildman–Crippen LogP) is 4.14. The second-order valence-electron chi connectivity index (χ2n) is 10.7. The Morgan fingerprint density at radius 3 is 1.90 bits per heavy atom. The van der Waals surface area contributed by atoms with Crippen molar-refractivity contribution in [3.8, 4) is 0 Å². The van der Waals surface area contributed by atoms with E-state index in [-0.39, 0.29) is 12.8 Å². The molecule has 0 radical (unpaired) electrons. The highest BCUT2D eigenvalue weighted by Crippen LogP contribution is 2.36. The van der Waals surface area contributed by atoms with Crippen molar-refractivity contribution < 1.29 is 34.4 Å². The first-order chi connectivity index (χ1) is 19.3. The predicted molar refractivity (Wildman–Crippen MR) is 152 cm³/mol. The van der Waals surface area contributed by atoms with E-state index in [0.29, 0.717) is 25.9 Å². The third-order valence-electron chi connectivity index (χ3n) is 7.57. The summed E-state index contributed by atoms with van der Waals surface area (Å²) in [5, 5.41) is 34.9. The van der Waals surface area contributed by atoms with Crippen LogP contribution in [0.25, 0.3) is 0 Å². The van der Waals surface area contributed by atoms with Crippen LogP contribution >= 0.6 is 0 Å². The molecule has 0 saturated carbocycles. The Bertz CT molecular complexity index is 993. The second-order valence-corrected chi connectivity index (χ2v) is 10.7. The van der Waals surface area contributed by atoms with E-state index in [1.807, 2.05) is 79.4 Å². The number of ether oxygens (including phenoxy) is 2. The maximum Gasteiger partial charge on any atom is 0.305 e. The smallest absolute Gasteiger partial charge is 0.305 e. The molecule has 0 spiro atoms. The third-order valence-corrected chi connectivity index (χ3v) is 7.57. The molecule has 8 heteroatoms. The number of esters is 1. The first-order valence-electron chi connectivity index (χ1n) is 14.6. The maximum atomic E-state index is 13.5. The van der Waals surface area contributed by atoms with Crippen LogP contribution in [-0.2, 0) is 32.2 Å². The van der Waals surface area contributed by atoms with Crippen LogP contribution in [0.5, 0.6) is 0 Å². The number of nitrogens with zero attached hydrogens (tertiary/aromatic N) is 1. The molecule has 0 aliphatic carbocycles. The highest BCUT2D eigenvalue weighted by molar-refractivity contribution is 5.89. The van der Waals surface area contributed by atoms with E-state index in [9.17, 15) is 24.9 Å². The van der Waals surface area contributed by atoms with Gasteiger partial charge in [-0.2, -0.15) is 0 Å². The van der Waals surface area contributed by atoms with Crippen molar-refractivity contribution >= 4 is 11.8 Å². The molecule has 1 heterocycles. The van der Waals surface area contributed by atoms with Crippen LogP contribution in [0.4, 0.5) is 0 Å². The number of carbonyl (C=O) groups excluding carboxylic acids is 2. The number of carbonyl (C=O) groups is 2. The van der Waals surface area contributed by atoms with E-state index in [1.54, 1.807) is 0 Å². The first-order valence-corrected chi connectivity index (χ1v) is 14.6. The van der Waals surface area contributed by atoms with E-state index < -0.39 is 48.5 Å². The molecule has 0 aromatic heterocycles. The number of aliphatic hydroxyl groups is 3. The second kappa shape index (κ2) is 16.0. The summed E-state index contributed by atoms with van der Waals surface area (Å²) in [5.41, 5.74) is -0.509. The van der Waals surface area contributed by atoms with Gasteiger partial charge in [0.2, 0.25) is 0 Å². The van der Waals surface area contributed by atoms with Gasteiger partial charge in [0.05, 0.1) is 6.04 Å². The van der Waals surface area contributed by atoms with Gasteiger partial charge in [0, 0.05) is 25.9 Å². The minimum absolute atomic E-state index is 0.0336. The van der Waals surface area contributed by atoms with Gasteiger partial charge in [0.25, 0.3) is 0 Å². The zero-order valence-electron chi connectivity index (χ0n) is 23.8. The molecule has 2 aromatic rings. The van der Waals surface area contributed by atoms with Crippen LogP contribution in [-0.4, -0.2) is 68.7 Å². The lowest BCUT2D eigenvalue weighted by Crippen LogP contribution is -2.73. The van der Waals surface area contributed by atoms with E-state index in [2.05, 4.69) is 0 Å². The van der Waals surface area contributed by atoms with Gasteiger partial charge >= 0.3 is 5.97 Å². The highest BCUT2D eigenvalue weighted by Gasteiger charge is 2.60. The number of hydrogen-bond acceptors (Lipinski definition) is 8. The summed E-state index contributed by atoms with van der Waals surface area (Å²) in [6, 6.07) is 18.0. The fourth-order valence-electron chi connectivity index (χ4n) is 5.25. The van der Waals surface area contributed by atoms with Crippen molar-refractivity contribution in [1.82, 2.24) is 4.90 Å². The molecule has 1 saturated heterocycles. The number of unbranched alkanes of at least 4 members (excludes halogenated alkanes) is 4. The Kier molecular flexibility index (Phi) is 12.7. The summed E-state index contributed by atoms with van der Waals surface area (Å²) >= 11 is 0. The van der Waals surface area contributed by atoms with E-state index in [1.165, 1.54) is 0 Å². The number of Topliss-reactive ketones (excluding diaryl/α,β-unsaturated/α-hetero) is 1. The zero-order valence-corrected chi connectivity index (χ0v) is 23.8. The summed E-state index contributed by atoms with van der Waals surface area (Å²) in [6.07, 6.45) is 0.305. The van der Waals surface area contributed by atoms with Crippen LogP contribution < -0.4 is 0 Å². The summed E-state index contributed by atoms with van der Waals surface area (Å²) in [6.45, 7) is 4.25. The van der Waals surface area contributed by atoms with Crippen LogP contribution in [0.15, 0.2) is 60.7 Å². The first kappa shape index (κ1) is 31.9. The molecule has 5 atom stereocenters. The largest absolute Gasteiger partial charge is 0.463 e. The minimum atomic E-state index is -2.37. The van der Waals surface area contributed by atoms with Gasteiger partial charge in [-0.1, -0.05) is 100 Å². The lowest BCUT2D eigenvalue weighted by Gasteiger charge is -2.50.